The Morgan fingerprint density at radius 1 is 1.11 bits per heavy atom. The van der Waals surface area contributed by atoms with Crippen LogP contribution in [0.1, 0.15) is 24.1 Å². The van der Waals surface area contributed by atoms with Crippen molar-refractivity contribution in [2.45, 2.75) is 24.9 Å². The number of nitrogens with zero attached hydrogens (tertiary/aromatic N) is 5. The molecule has 0 aliphatic carbocycles. The highest BCUT2D eigenvalue weighted by Gasteiger charge is 2.43. The van der Waals surface area contributed by atoms with E-state index in [0.717, 1.165) is 59.3 Å². The first-order valence-corrected chi connectivity index (χ1v) is 9.95. The van der Waals surface area contributed by atoms with Crippen molar-refractivity contribution < 1.29 is 4.74 Å². The van der Waals surface area contributed by atoms with Gasteiger partial charge in [0.05, 0.1) is 12.3 Å². The lowest BCUT2D eigenvalue weighted by Crippen LogP contribution is -2.47. The van der Waals surface area contributed by atoms with Crippen LogP contribution in [0, 0.1) is 0 Å². The molecule has 1 aromatic carbocycles. The second-order valence-electron chi connectivity index (χ2n) is 6.94. The van der Waals surface area contributed by atoms with E-state index in [1.165, 1.54) is 0 Å². The van der Waals surface area contributed by atoms with Gasteiger partial charge in [-0.3, -0.25) is 0 Å². The average Bonchev–Trinajstić information content (AvgIpc) is 3.20. The number of nitrogen functional groups attached to an aromatic ring is 1. The van der Waals surface area contributed by atoms with E-state index in [-0.39, 0.29) is 5.60 Å². The first-order chi connectivity index (χ1) is 13.2. The molecule has 2 aliphatic rings. The van der Waals surface area contributed by atoms with Crippen LogP contribution in [0.3, 0.4) is 0 Å². The summed E-state index contributed by atoms with van der Waals surface area (Å²) in [5.74, 6) is 0.317. The number of hydrogen-bond acceptors (Lipinski definition) is 8. The van der Waals surface area contributed by atoms with E-state index in [4.69, 9.17) is 10.5 Å². The van der Waals surface area contributed by atoms with Gasteiger partial charge in [-0.25, -0.2) is 9.97 Å². The molecule has 4 heterocycles. The minimum atomic E-state index is -0.353. The van der Waals surface area contributed by atoms with Gasteiger partial charge in [0.2, 0.25) is 11.1 Å². The lowest BCUT2D eigenvalue weighted by atomic mass is 9.83. The lowest BCUT2D eigenvalue weighted by Gasteiger charge is -2.43. The molecule has 5 rings (SSSR count). The maximum atomic E-state index is 6.24. The third kappa shape index (κ3) is 2.94. The molecule has 0 unspecified atom stereocenters. The van der Waals surface area contributed by atoms with Crippen LogP contribution in [-0.4, -0.2) is 39.9 Å². The zero-order valence-corrected chi connectivity index (χ0v) is 15.7. The second-order valence-corrected chi connectivity index (χ2v) is 7.89. The standard InChI is InChI=1S/C19H20N6OS/c20-17-21-12-14-6-11-26-19(15(14)22-17)7-9-25(10-8-19)18-24-23-16(27-18)13-4-2-1-3-5-13/h1-5,12H,6-11H2,(H2,20,21,22). The number of anilines is 2. The van der Waals surface area contributed by atoms with Crippen LogP contribution in [0.5, 0.6) is 0 Å². The van der Waals surface area contributed by atoms with Crippen LogP contribution in [0.15, 0.2) is 36.5 Å². The SMILES string of the molecule is Nc1ncc2c(n1)C1(CCN(c3nnc(-c4ccccc4)s3)CC1)OCC2. The fourth-order valence-electron chi connectivity index (χ4n) is 3.90. The zero-order chi connectivity index (χ0) is 18.3. The smallest absolute Gasteiger partial charge is 0.220 e. The summed E-state index contributed by atoms with van der Waals surface area (Å²) in [7, 11) is 0. The molecule has 0 saturated carbocycles. The van der Waals surface area contributed by atoms with E-state index in [2.05, 4.69) is 37.2 Å². The normalized spacial score (nSPS) is 18.4. The van der Waals surface area contributed by atoms with Gasteiger partial charge in [-0.15, -0.1) is 10.2 Å². The molecule has 1 spiro atoms. The van der Waals surface area contributed by atoms with Gasteiger partial charge in [-0.05, 0) is 24.8 Å². The highest BCUT2D eigenvalue weighted by atomic mass is 32.1. The van der Waals surface area contributed by atoms with E-state index < -0.39 is 0 Å². The molecule has 1 fully saturated rings. The van der Waals surface area contributed by atoms with Gasteiger partial charge >= 0.3 is 0 Å². The largest absolute Gasteiger partial charge is 0.368 e. The molecule has 0 bridgehead atoms. The Balaban J connectivity index is 1.36. The molecule has 2 aliphatic heterocycles. The fraction of sp³-hybridized carbons (Fsp3) is 0.368. The molecule has 2 aromatic heterocycles. The third-order valence-corrected chi connectivity index (χ3v) is 6.37. The molecule has 8 heteroatoms. The summed E-state index contributed by atoms with van der Waals surface area (Å²) in [5, 5.41) is 10.7. The van der Waals surface area contributed by atoms with Crippen molar-refractivity contribution in [3.05, 3.63) is 47.8 Å². The van der Waals surface area contributed by atoms with Crippen LogP contribution in [0.2, 0.25) is 0 Å². The van der Waals surface area contributed by atoms with Crippen molar-refractivity contribution in [3.63, 3.8) is 0 Å². The van der Waals surface area contributed by atoms with Crippen molar-refractivity contribution in [2.24, 2.45) is 0 Å². The number of aromatic nitrogens is 4. The summed E-state index contributed by atoms with van der Waals surface area (Å²) in [5.41, 5.74) is 8.73. The van der Waals surface area contributed by atoms with E-state index in [9.17, 15) is 0 Å². The molecule has 7 nitrogen and oxygen atoms in total. The predicted molar refractivity (Wildman–Crippen MR) is 105 cm³/mol. The molecular weight excluding hydrogens is 360 g/mol. The zero-order valence-electron chi connectivity index (χ0n) is 14.8. The van der Waals surface area contributed by atoms with Gasteiger partial charge < -0.3 is 15.4 Å². The summed E-state index contributed by atoms with van der Waals surface area (Å²) in [6.45, 7) is 2.41. The van der Waals surface area contributed by atoms with Gasteiger partial charge in [0, 0.05) is 24.8 Å². The average molecular weight is 380 g/mol. The Kier molecular flexibility index (Phi) is 4.02. The van der Waals surface area contributed by atoms with Crippen molar-refractivity contribution in [2.75, 3.05) is 30.3 Å². The van der Waals surface area contributed by atoms with Gasteiger partial charge in [0.15, 0.2) is 0 Å². The number of piperidine rings is 1. The first kappa shape index (κ1) is 16.6. The number of fused-ring (bicyclic) bond motifs is 2. The van der Waals surface area contributed by atoms with Gasteiger partial charge in [-0.1, -0.05) is 41.7 Å². The molecule has 2 N–H and O–H groups in total. The number of hydrogen-bond donors (Lipinski definition) is 1. The Bertz CT molecular complexity index is 952. The Morgan fingerprint density at radius 3 is 2.74 bits per heavy atom. The first-order valence-electron chi connectivity index (χ1n) is 9.13. The second kappa shape index (κ2) is 6.54. The number of rotatable bonds is 2. The monoisotopic (exact) mass is 380 g/mol. The van der Waals surface area contributed by atoms with Crippen molar-refractivity contribution in [1.29, 1.82) is 0 Å². The molecule has 0 amide bonds. The Labute approximate surface area is 161 Å². The van der Waals surface area contributed by atoms with E-state index in [1.54, 1.807) is 11.3 Å². The summed E-state index contributed by atoms with van der Waals surface area (Å²) in [4.78, 5) is 11.0. The summed E-state index contributed by atoms with van der Waals surface area (Å²) in [6, 6.07) is 10.2. The summed E-state index contributed by atoms with van der Waals surface area (Å²) in [6.07, 6.45) is 4.41. The van der Waals surface area contributed by atoms with Crippen molar-refractivity contribution in [3.8, 4) is 10.6 Å². The van der Waals surface area contributed by atoms with Crippen LogP contribution in [0.25, 0.3) is 10.6 Å². The van der Waals surface area contributed by atoms with E-state index >= 15 is 0 Å². The number of ether oxygens (including phenoxy) is 1. The van der Waals surface area contributed by atoms with Crippen LogP contribution < -0.4 is 10.6 Å². The molecule has 0 atom stereocenters. The Hall–Kier alpha value is -2.58. The number of nitrogens with two attached hydrogens (primary N) is 1. The van der Waals surface area contributed by atoms with Gasteiger partial charge in [-0.2, -0.15) is 0 Å². The minimum Gasteiger partial charge on any atom is -0.368 e. The molecule has 0 radical (unpaired) electrons. The van der Waals surface area contributed by atoms with Gasteiger partial charge in [0.25, 0.3) is 0 Å². The maximum Gasteiger partial charge on any atom is 0.220 e. The fourth-order valence-corrected chi connectivity index (χ4v) is 4.81. The molecule has 3 aromatic rings. The molecule has 27 heavy (non-hydrogen) atoms. The third-order valence-electron chi connectivity index (χ3n) is 5.34. The topological polar surface area (TPSA) is 90.1 Å². The molecular formula is C19H20N6OS. The number of benzene rings is 1. The minimum absolute atomic E-state index is 0.317. The molecule has 1 saturated heterocycles. The van der Waals surface area contributed by atoms with Crippen molar-refractivity contribution in [1.82, 2.24) is 20.2 Å². The summed E-state index contributed by atoms with van der Waals surface area (Å²) < 4.78 is 6.24. The highest BCUT2D eigenvalue weighted by molar-refractivity contribution is 7.18. The lowest BCUT2D eigenvalue weighted by molar-refractivity contribution is -0.0800. The highest BCUT2D eigenvalue weighted by Crippen LogP contribution is 2.42. The molecule has 138 valence electrons. The quantitative estimate of drug-likeness (QED) is 0.731. The van der Waals surface area contributed by atoms with Crippen LogP contribution in [0.4, 0.5) is 11.1 Å². The van der Waals surface area contributed by atoms with E-state index in [0.29, 0.717) is 12.6 Å². The van der Waals surface area contributed by atoms with Crippen molar-refractivity contribution >= 4 is 22.4 Å². The maximum absolute atomic E-state index is 6.24. The Morgan fingerprint density at radius 2 is 1.93 bits per heavy atom. The predicted octanol–water partition coefficient (Wildman–Crippen LogP) is 2.65. The van der Waals surface area contributed by atoms with Crippen LogP contribution >= 0.6 is 11.3 Å². The van der Waals surface area contributed by atoms with Gasteiger partial charge in [0.1, 0.15) is 10.6 Å². The van der Waals surface area contributed by atoms with E-state index in [1.807, 2.05) is 24.4 Å². The van der Waals surface area contributed by atoms with Crippen LogP contribution in [-0.2, 0) is 16.8 Å². The summed E-state index contributed by atoms with van der Waals surface area (Å²) >= 11 is 1.63.